The summed E-state index contributed by atoms with van der Waals surface area (Å²) in [6.07, 6.45) is 4.07. The van der Waals surface area contributed by atoms with Crippen LogP contribution >= 0.6 is 0 Å². The number of hydrogen-bond donors (Lipinski definition) is 2. The lowest BCUT2D eigenvalue weighted by Crippen LogP contribution is -2.01. The number of oxime groups is 1. The van der Waals surface area contributed by atoms with Crippen LogP contribution in [0.3, 0.4) is 0 Å². The third-order valence-corrected chi connectivity index (χ3v) is 1.55. The van der Waals surface area contributed by atoms with Gasteiger partial charge in [0, 0.05) is 18.3 Å². The van der Waals surface area contributed by atoms with E-state index in [1.54, 1.807) is 6.20 Å². The second kappa shape index (κ2) is 5.13. The minimum atomic E-state index is 0.782. The van der Waals surface area contributed by atoms with Gasteiger partial charge in [0.2, 0.25) is 0 Å². The first-order valence-electron chi connectivity index (χ1n) is 4.24. The van der Waals surface area contributed by atoms with Crippen molar-refractivity contribution < 1.29 is 5.21 Å². The Labute approximate surface area is 77.3 Å². The lowest BCUT2D eigenvalue weighted by atomic mass is 10.3. The van der Waals surface area contributed by atoms with Gasteiger partial charge in [0.15, 0.2) is 0 Å². The molecular weight excluding hydrogens is 166 g/mol. The number of anilines is 1. The van der Waals surface area contributed by atoms with Crippen molar-refractivity contribution in [3.05, 3.63) is 23.9 Å². The molecule has 0 radical (unpaired) electrons. The Hall–Kier alpha value is -1.58. The Balaban J connectivity index is 2.58. The Kier molecular flexibility index (Phi) is 3.75. The maximum Gasteiger partial charge on any atom is 0.125 e. The third kappa shape index (κ3) is 3.11. The lowest BCUT2D eigenvalue weighted by molar-refractivity contribution is 0.322. The molecule has 2 N–H and O–H groups in total. The highest BCUT2D eigenvalue weighted by atomic mass is 16.4. The number of rotatable bonds is 4. The van der Waals surface area contributed by atoms with Crippen LogP contribution in [-0.4, -0.2) is 23.0 Å². The van der Waals surface area contributed by atoms with Crippen LogP contribution < -0.4 is 5.32 Å². The first-order chi connectivity index (χ1) is 6.36. The van der Waals surface area contributed by atoms with Crippen molar-refractivity contribution >= 4 is 12.0 Å². The van der Waals surface area contributed by atoms with E-state index in [9.17, 15) is 0 Å². The van der Waals surface area contributed by atoms with E-state index < -0.39 is 0 Å². The van der Waals surface area contributed by atoms with E-state index in [0.29, 0.717) is 0 Å². The van der Waals surface area contributed by atoms with Crippen LogP contribution in [-0.2, 0) is 0 Å². The molecule has 1 aromatic heterocycles. The molecule has 0 saturated carbocycles. The predicted molar refractivity (Wildman–Crippen MR) is 52.4 cm³/mol. The fourth-order valence-electron chi connectivity index (χ4n) is 0.906. The van der Waals surface area contributed by atoms with Crippen LogP contribution in [0.1, 0.15) is 18.9 Å². The van der Waals surface area contributed by atoms with E-state index in [4.69, 9.17) is 5.21 Å². The van der Waals surface area contributed by atoms with Gasteiger partial charge in [-0.25, -0.2) is 4.98 Å². The smallest absolute Gasteiger partial charge is 0.125 e. The van der Waals surface area contributed by atoms with Crippen molar-refractivity contribution in [3.8, 4) is 0 Å². The van der Waals surface area contributed by atoms with Gasteiger partial charge in [0.25, 0.3) is 0 Å². The summed E-state index contributed by atoms with van der Waals surface area (Å²) in [5.41, 5.74) is 0.782. The quantitative estimate of drug-likeness (QED) is 0.420. The monoisotopic (exact) mass is 179 g/mol. The molecule has 0 saturated heterocycles. The summed E-state index contributed by atoms with van der Waals surface area (Å²) in [7, 11) is 0. The van der Waals surface area contributed by atoms with E-state index >= 15 is 0 Å². The summed E-state index contributed by atoms with van der Waals surface area (Å²) in [5.74, 6) is 0.844. The van der Waals surface area contributed by atoms with E-state index in [0.717, 1.165) is 24.3 Å². The van der Waals surface area contributed by atoms with Crippen LogP contribution in [0.15, 0.2) is 23.5 Å². The summed E-state index contributed by atoms with van der Waals surface area (Å²) in [4.78, 5) is 4.12. The predicted octanol–water partition coefficient (Wildman–Crippen LogP) is 1.71. The van der Waals surface area contributed by atoms with Crippen LogP contribution in [0, 0.1) is 0 Å². The normalized spacial score (nSPS) is 10.5. The van der Waals surface area contributed by atoms with E-state index in [2.05, 4.69) is 22.4 Å². The minimum Gasteiger partial charge on any atom is -0.411 e. The molecule has 0 atom stereocenters. The molecular formula is C9H13N3O. The molecule has 1 rings (SSSR count). The first kappa shape index (κ1) is 9.51. The average molecular weight is 179 g/mol. The Bertz CT molecular complexity index is 269. The lowest BCUT2D eigenvalue weighted by Gasteiger charge is -2.02. The molecule has 0 fully saturated rings. The van der Waals surface area contributed by atoms with Crippen LogP contribution in [0.25, 0.3) is 0 Å². The highest BCUT2D eigenvalue weighted by Crippen LogP contribution is 2.02. The molecule has 0 aliphatic heterocycles. The molecule has 1 heterocycles. The molecule has 0 amide bonds. The van der Waals surface area contributed by atoms with Gasteiger partial charge >= 0.3 is 0 Å². The van der Waals surface area contributed by atoms with Gasteiger partial charge in [-0.05, 0) is 18.6 Å². The minimum absolute atomic E-state index is 0.782. The largest absolute Gasteiger partial charge is 0.411 e. The van der Waals surface area contributed by atoms with E-state index in [1.807, 2.05) is 12.1 Å². The van der Waals surface area contributed by atoms with Crippen molar-refractivity contribution in [2.24, 2.45) is 5.16 Å². The van der Waals surface area contributed by atoms with Gasteiger partial charge in [-0.1, -0.05) is 12.1 Å². The van der Waals surface area contributed by atoms with Gasteiger partial charge in [0.05, 0.1) is 6.21 Å². The summed E-state index contributed by atoms with van der Waals surface area (Å²) >= 11 is 0. The third-order valence-electron chi connectivity index (χ3n) is 1.55. The van der Waals surface area contributed by atoms with Crippen molar-refractivity contribution in [2.75, 3.05) is 11.9 Å². The first-order valence-corrected chi connectivity index (χ1v) is 4.24. The zero-order valence-corrected chi connectivity index (χ0v) is 7.57. The molecule has 13 heavy (non-hydrogen) atoms. The molecule has 70 valence electrons. The molecule has 0 bridgehead atoms. The zero-order valence-electron chi connectivity index (χ0n) is 7.57. The SMILES string of the molecule is CCCNc1ccc(/C=N/O)cn1. The van der Waals surface area contributed by atoms with Crippen LogP contribution in [0.2, 0.25) is 0 Å². The maximum absolute atomic E-state index is 8.26. The summed E-state index contributed by atoms with van der Waals surface area (Å²) in [6, 6.07) is 3.69. The van der Waals surface area contributed by atoms with Crippen LogP contribution in [0.5, 0.6) is 0 Å². The standard InChI is InChI=1S/C9H13N3O/c1-2-5-10-9-4-3-8(6-11-9)7-12-13/h3-4,6-7,13H,2,5H2,1H3,(H,10,11)/b12-7+. The number of hydrogen-bond acceptors (Lipinski definition) is 4. The Morgan fingerprint density at radius 2 is 2.46 bits per heavy atom. The molecule has 4 heteroatoms. The summed E-state index contributed by atoms with van der Waals surface area (Å²) in [6.45, 7) is 3.01. The van der Waals surface area contributed by atoms with Gasteiger partial charge in [0.1, 0.15) is 5.82 Å². The van der Waals surface area contributed by atoms with Crippen molar-refractivity contribution in [1.29, 1.82) is 0 Å². The fraction of sp³-hybridized carbons (Fsp3) is 0.333. The molecule has 0 aliphatic carbocycles. The molecule has 0 unspecified atom stereocenters. The Morgan fingerprint density at radius 1 is 1.62 bits per heavy atom. The zero-order chi connectivity index (χ0) is 9.52. The maximum atomic E-state index is 8.26. The summed E-state index contributed by atoms with van der Waals surface area (Å²) in [5, 5.41) is 14.3. The van der Waals surface area contributed by atoms with Crippen LogP contribution in [0.4, 0.5) is 5.82 Å². The van der Waals surface area contributed by atoms with Crippen molar-refractivity contribution in [3.63, 3.8) is 0 Å². The number of nitrogens with one attached hydrogen (secondary N) is 1. The second-order valence-corrected chi connectivity index (χ2v) is 2.65. The van der Waals surface area contributed by atoms with Gasteiger partial charge < -0.3 is 10.5 Å². The average Bonchev–Trinajstić information content (AvgIpc) is 2.17. The number of aromatic nitrogens is 1. The molecule has 4 nitrogen and oxygen atoms in total. The Morgan fingerprint density at radius 3 is 3.00 bits per heavy atom. The van der Waals surface area contributed by atoms with E-state index in [1.165, 1.54) is 6.21 Å². The molecule has 1 aromatic rings. The van der Waals surface area contributed by atoms with Crippen molar-refractivity contribution in [1.82, 2.24) is 4.98 Å². The topological polar surface area (TPSA) is 57.5 Å². The van der Waals surface area contributed by atoms with Gasteiger partial charge in [-0.2, -0.15) is 0 Å². The molecule has 0 aromatic carbocycles. The highest BCUT2D eigenvalue weighted by molar-refractivity contribution is 5.78. The number of pyridine rings is 1. The van der Waals surface area contributed by atoms with Gasteiger partial charge in [-0.3, -0.25) is 0 Å². The highest BCUT2D eigenvalue weighted by Gasteiger charge is 1.91. The fourth-order valence-corrected chi connectivity index (χ4v) is 0.906. The summed E-state index contributed by atoms with van der Waals surface area (Å²) < 4.78 is 0. The second-order valence-electron chi connectivity index (χ2n) is 2.65. The molecule has 0 aliphatic rings. The van der Waals surface area contributed by atoms with Crippen molar-refractivity contribution in [2.45, 2.75) is 13.3 Å². The van der Waals surface area contributed by atoms with Gasteiger partial charge in [-0.15, -0.1) is 0 Å². The van der Waals surface area contributed by atoms with E-state index in [-0.39, 0.29) is 0 Å². The number of nitrogens with zero attached hydrogens (tertiary/aromatic N) is 2. The molecule has 0 spiro atoms.